The predicted octanol–water partition coefficient (Wildman–Crippen LogP) is 3.39. The summed E-state index contributed by atoms with van der Waals surface area (Å²) in [4.78, 5) is 61.9. The number of hydrogen-bond donors (Lipinski definition) is 2. The van der Waals surface area contributed by atoms with Crippen LogP contribution in [0.5, 0.6) is 5.75 Å². The zero-order valence-electron chi connectivity index (χ0n) is 19.9. The lowest BCUT2D eigenvalue weighted by Gasteiger charge is -2.14. The minimum absolute atomic E-state index is 0.179. The van der Waals surface area contributed by atoms with Crippen LogP contribution in [0.25, 0.3) is 0 Å². The summed E-state index contributed by atoms with van der Waals surface area (Å²) in [6, 6.07) is 19.3. The highest BCUT2D eigenvalue weighted by atomic mass is 16.7. The molecule has 1 aliphatic rings. The molecule has 0 saturated carbocycles. The molecule has 2 N–H and O–H groups in total. The Labute approximate surface area is 212 Å². The molecule has 0 bridgehead atoms. The van der Waals surface area contributed by atoms with Gasteiger partial charge in [0.25, 0.3) is 17.7 Å². The van der Waals surface area contributed by atoms with Gasteiger partial charge in [-0.3, -0.25) is 24.1 Å². The molecule has 0 fully saturated rings. The van der Waals surface area contributed by atoms with Crippen LogP contribution in [0.1, 0.15) is 43.6 Å². The molecule has 0 unspecified atom stereocenters. The molecule has 0 aromatic heterocycles. The Morgan fingerprint density at radius 2 is 1.46 bits per heavy atom. The molecule has 10 heteroatoms. The molecular formula is C27H23N3O7. The van der Waals surface area contributed by atoms with Gasteiger partial charge in [-0.15, -0.1) is 0 Å². The lowest BCUT2D eigenvalue weighted by atomic mass is 10.1. The smallest absolute Gasteiger partial charge is 0.434 e. The summed E-state index contributed by atoms with van der Waals surface area (Å²) in [6.07, 6.45) is -0.820. The third-order valence-electron chi connectivity index (χ3n) is 5.46. The van der Waals surface area contributed by atoms with Gasteiger partial charge in [-0.2, -0.15) is 0 Å². The number of imide groups is 1. The molecule has 1 aliphatic heterocycles. The fourth-order valence-electron chi connectivity index (χ4n) is 3.61. The summed E-state index contributed by atoms with van der Waals surface area (Å²) >= 11 is 0. The Kier molecular flexibility index (Phi) is 7.58. The van der Waals surface area contributed by atoms with Crippen LogP contribution in [-0.4, -0.2) is 47.8 Å². The number of hydrogen-bond acceptors (Lipinski definition) is 7. The number of fused-ring (bicyclic) bond motifs is 1. The van der Waals surface area contributed by atoms with E-state index in [0.29, 0.717) is 22.4 Å². The van der Waals surface area contributed by atoms with Crippen LogP contribution in [-0.2, 0) is 16.1 Å². The van der Waals surface area contributed by atoms with E-state index in [4.69, 9.17) is 9.47 Å². The van der Waals surface area contributed by atoms with Gasteiger partial charge < -0.3 is 20.1 Å². The van der Waals surface area contributed by atoms with Crippen molar-refractivity contribution in [1.29, 1.82) is 0 Å². The van der Waals surface area contributed by atoms with E-state index in [1.165, 1.54) is 24.3 Å². The van der Waals surface area contributed by atoms with Crippen molar-refractivity contribution in [2.45, 2.75) is 13.5 Å². The van der Waals surface area contributed by atoms with Gasteiger partial charge in [-0.1, -0.05) is 24.3 Å². The Morgan fingerprint density at radius 3 is 2.05 bits per heavy atom. The lowest BCUT2D eigenvalue weighted by molar-refractivity contribution is -0.121. The largest absolute Gasteiger partial charge is 0.513 e. The number of anilines is 1. The van der Waals surface area contributed by atoms with Crippen LogP contribution in [0.3, 0.4) is 0 Å². The Bertz CT molecular complexity index is 1320. The van der Waals surface area contributed by atoms with Crippen molar-refractivity contribution in [1.82, 2.24) is 10.2 Å². The highest BCUT2D eigenvalue weighted by molar-refractivity contribution is 6.22. The molecule has 0 atom stereocenters. The van der Waals surface area contributed by atoms with Gasteiger partial charge in [0.1, 0.15) is 12.3 Å². The predicted molar refractivity (Wildman–Crippen MR) is 132 cm³/mol. The van der Waals surface area contributed by atoms with E-state index < -0.39 is 23.9 Å². The molecule has 37 heavy (non-hydrogen) atoms. The first-order chi connectivity index (χ1) is 17.9. The van der Waals surface area contributed by atoms with Gasteiger partial charge >= 0.3 is 6.16 Å². The Hall–Kier alpha value is -4.99. The molecular weight excluding hydrogens is 478 g/mol. The molecule has 0 aliphatic carbocycles. The van der Waals surface area contributed by atoms with E-state index in [-0.39, 0.29) is 31.4 Å². The number of nitrogens with one attached hydrogen (secondary N) is 2. The maximum absolute atomic E-state index is 12.5. The van der Waals surface area contributed by atoms with E-state index in [2.05, 4.69) is 10.6 Å². The molecule has 0 saturated heterocycles. The van der Waals surface area contributed by atoms with Crippen molar-refractivity contribution in [3.05, 3.63) is 95.1 Å². The monoisotopic (exact) mass is 501 g/mol. The molecule has 4 amide bonds. The van der Waals surface area contributed by atoms with Crippen LogP contribution in [0.4, 0.5) is 10.5 Å². The second kappa shape index (κ2) is 11.2. The summed E-state index contributed by atoms with van der Waals surface area (Å²) in [7, 11) is 0. The number of rotatable bonds is 8. The van der Waals surface area contributed by atoms with Gasteiger partial charge in [0.2, 0.25) is 5.91 Å². The summed E-state index contributed by atoms with van der Waals surface area (Å²) in [6.45, 7) is 1.67. The number of benzene rings is 3. The van der Waals surface area contributed by atoms with Gasteiger partial charge in [0.05, 0.1) is 17.7 Å². The quantitative estimate of drug-likeness (QED) is 0.275. The fraction of sp³-hybridized carbons (Fsp3) is 0.148. The highest BCUT2D eigenvalue weighted by Gasteiger charge is 2.36. The maximum Gasteiger partial charge on any atom is 0.513 e. The van der Waals surface area contributed by atoms with Gasteiger partial charge in [-0.05, 0) is 61.0 Å². The van der Waals surface area contributed by atoms with Crippen molar-refractivity contribution >= 4 is 35.5 Å². The van der Waals surface area contributed by atoms with Crippen LogP contribution in [0.15, 0.2) is 72.8 Å². The maximum atomic E-state index is 12.5. The molecule has 4 rings (SSSR count). The summed E-state index contributed by atoms with van der Waals surface area (Å²) in [5.74, 6) is -1.55. The molecule has 3 aromatic carbocycles. The average Bonchev–Trinajstić information content (AvgIpc) is 3.13. The standard InChI is InChI=1S/C27H23N3O7/c1-2-36-27(35)37-20-13-9-18(10-14-20)24(32)29-19-11-7-17(8-12-19)15-28-23(31)16-30-25(33)21-5-3-4-6-22(21)26(30)34/h3-14H,2,15-16H2,1H3,(H,28,31)(H,29,32). The van der Waals surface area contributed by atoms with E-state index in [9.17, 15) is 24.0 Å². The van der Waals surface area contributed by atoms with E-state index in [1.807, 2.05) is 0 Å². The minimum Gasteiger partial charge on any atom is -0.434 e. The summed E-state index contributed by atoms with van der Waals surface area (Å²) in [5, 5.41) is 5.45. The third-order valence-corrected chi connectivity index (χ3v) is 5.46. The van der Waals surface area contributed by atoms with Crippen molar-refractivity contribution in [3.8, 4) is 5.75 Å². The van der Waals surface area contributed by atoms with E-state index in [0.717, 1.165) is 10.5 Å². The second-order valence-corrected chi connectivity index (χ2v) is 7.98. The number of ether oxygens (including phenoxy) is 2. The van der Waals surface area contributed by atoms with Crippen molar-refractivity contribution in [2.24, 2.45) is 0 Å². The Balaban J connectivity index is 1.26. The van der Waals surface area contributed by atoms with Gasteiger partial charge in [0, 0.05) is 17.8 Å². The average molecular weight is 501 g/mol. The molecule has 1 heterocycles. The van der Waals surface area contributed by atoms with Crippen molar-refractivity contribution in [2.75, 3.05) is 18.5 Å². The summed E-state index contributed by atoms with van der Waals surface area (Å²) in [5.41, 5.74) is 2.24. The highest BCUT2D eigenvalue weighted by Crippen LogP contribution is 2.22. The van der Waals surface area contributed by atoms with Crippen LogP contribution in [0.2, 0.25) is 0 Å². The third kappa shape index (κ3) is 5.99. The zero-order chi connectivity index (χ0) is 26.4. The minimum atomic E-state index is -0.820. The van der Waals surface area contributed by atoms with E-state index in [1.54, 1.807) is 55.5 Å². The molecule has 10 nitrogen and oxygen atoms in total. The SMILES string of the molecule is CCOC(=O)Oc1ccc(C(=O)Nc2ccc(CNC(=O)CN3C(=O)c4ccccc4C3=O)cc2)cc1. The molecule has 0 radical (unpaired) electrons. The van der Waals surface area contributed by atoms with Crippen LogP contribution >= 0.6 is 0 Å². The topological polar surface area (TPSA) is 131 Å². The van der Waals surface area contributed by atoms with Crippen LogP contribution < -0.4 is 15.4 Å². The first kappa shape index (κ1) is 25.1. The summed E-state index contributed by atoms with van der Waals surface area (Å²) < 4.78 is 9.66. The van der Waals surface area contributed by atoms with Gasteiger partial charge in [-0.25, -0.2) is 4.79 Å². The normalized spacial score (nSPS) is 12.1. The number of amides is 4. The molecule has 0 spiro atoms. The van der Waals surface area contributed by atoms with Crippen molar-refractivity contribution < 1.29 is 33.4 Å². The molecule has 188 valence electrons. The van der Waals surface area contributed by atoms with Crippen molar-refractivity contribution in [3.63, 3.8) is 0 Å². The first-order valence-electron chi connectivity index (χ1n) is 11.4. The zero-order valence-corrected chi connectivity index (χ0v) is 19.9. The fourth-order valence-corrected chi connectivity index (χ4v) is 3.61. The lowest BCUT2D eigenvalue weighted by Crippen LogP contribution is -2.40. The number of carbonyl (C=O) groups excluding carboxylic acids is 5. The second-order valence-electron chi connectivity index (χ2n) is 7.98. The van der Waals surface area contributed by atoms with E-state index >= 15 is 0 Å². The number of carbonyl (C=O) groups is 5. The molecule has 3 aromatic rings. The van der Waals surface area contributed by atoms with Gasteiger partial charge in [0.15, 0.2) is 0 Å². The number of nitrogens with zero attached hydrogens (tertiary/aromatic N) is 1. The van der Waals surface area contributed by atoms with Crippen LogP contribution in [0, 0.1) is 0 Å². The first-order valence-corrected chi connectivity index (χ1v) is 11.4. The Morgan fingerprint density at radius 1 is 0.838 bits per heavy atom.